The third-order valence-corrected chi connectivity index (χ3v) is 5.19. The minimum absolute atomic E-state index is 0.0259. The summed E-state index contributed by atoms with van der Waals surface area (Å²) in [5.41, 5.74) is 5.48. The van der Waals surface area contributed by atoms with Crippen molar-refractivity contribution >= 4 is 17.7 Å². The second-order valence-corrected chi connectivity index (χ2v) is 6.91. The minimum Gasteiger partial charge on any atom is -0.381 e. The lowest BCUT2D eigenvalue weighted by Gasteiger charge is -2.33. The van der Waals surface area contributed by atoms with E-state index in [-0.39, 0.29) is 5.91 Å². The smallest absolute Gasteiger partial charge is 0.240 e. The number of rotatable bonds is 4. The third kappa shape index (κ3) is 3.39. The Morgan fingerprint density at radius 3 is 2.83 bits per heavy atom. The zero-order valence-electron chi connectivity index (χ0n) is 11.1. The first-order chi connectivity index (χ1) is 8.64. The molecule has 1 saturated heterocycles. The quantitative estimate of drug-likeness (QED) is 0.809. The van der Waals surface area contributed by atoms with Crippen LogP contribution in [0.2, 0.25) is 0 Å². The van der Waals surface area contributed by atoms with Gasteiger partial charge >= 0.3 is 0 Å². The van der Waals surface area contributed by atoms with Gasteiger partial charge in [-0.3, -0.25) is 4.79 Å². The van der Waals surface area contributed by atoms with Crippen molar-refractivity contribution < 1.29 is 9.53 Å². The number of carbonyl (C=O) groups excluding carboxylic acids is 1. The molecular formula is C13H24N2O2S. The monoisotopic (exact) mass is 272 g/mol. The number of nitrogens with two attached hydrogens (primary N) is 1. The van der Waals surface area contributed by atoms with Gasteiger partial charge in [0.05, 0.1) is 5.54 Å². The van der Waals surface area contributed by atoms with Crippen LogP contribution in [0.25, 0.3) is 0 Å². The van der Waals surface area contributed by atoms with E-state index in [4.69, 9.17) is 10.5 Å². The molecule has 0 aromatic heterocycles. The van der Waals surface area contributed by atoms with Gasteiger partial charge in [0.2, 0.25) is 5.91 Å². The van der Waals surface area contributed by atoms with Gasteiger partial charge in [-0.05, 0) is 37.9 Å². The predicted molar refractivity (Wildman–Crippen MR) is 74.7 cm³/mol. The predicted octanol–water partition coefficient (Wildman–Crippen LogP) is 1.28. The lowest BCUT2D eigenvalue weighted by molar-refractivity contribution is -0.130. The van der Waals surface area contributed by atoms with Crippen molar-refractivity contribution in [3.63, 3.8) is 0 Å². The van der Waals surface area contributed by atoms with Crippen LogP contribution in [0, 0.1) is 0 Å². The molecule has 1 amide bonds. The summed E-state index contributed by atoms with van der Waals surface area (Å²) in [4.78, 5) is 12.2. The number of hydrogen-bond acceptors (Lipinski definition) is 4. The Balaban J connectivity index is 1.81. The molecule has 2 rings (SSSR count). The van der Waals surface area contributed by atoms with Crippen LogP contribution < -0.4 is 11.1 Å². The Hall–Kier alpha value is -0.260. The van der Waals surface area contributed by atoms with Crippen LogP contribution in [0.4, 0.5) is 0 Å². The van der Waals surface area contributed by atoms with Crippen LogP contribution >= 0.6 is 11.8 Å². The van der Waals surface area contributed by atoms with E-state index in [1.807, 2.05) is 11.8 Å². The van der Waals surface area contributed by atoms with Gasteiger partial charge in [0, 0.05) is 24.5 Å². The average Bonchev–Trinajstić information content (AvgIpc) is 2.78. The van der Waals surface area contributed by atoms with Gasteiger partial charge in [0.25, 0.3) is 0 Å². The number of thioether (sulfide) groups is 1. The average molecular weight is 272 g/mol. The topological polar surface area (TPSA) is 64.4 Å². The summed E-state index contributed by atoms with van der Waals surface area (Å²) in [7, 11) is 0. The molecule has 3 N–H and O–H groups in total. The van der Waals surface area contributed by atoms with Crippen molar-refractivity contribution in [3.8, 4) is 0 Å². The number of carbonyl (C=O) groups is 1. The first-order valence-corrected chi connectivity index (χ1v) is 7.98. The largest absolute Gasteiger partial charge is 0.381 e. The van der Waals surface area contributed by atoms with Crippen molar-refractivity contribution in [3.05, 3.63) is 0 Å². The number of ether oxygens (including phenoxy) is 1. The highest BCUT2D eigenvalue weighted by Gasteiger charge is 2.37. The maximum Gasteiger partial charge on any atom is 0.240 e. The molecule has 0 aromatic rings. The van der Waals surface area contributed by atoms with E-state index in [1.54, 1.807) is 0 Å². The third-order valence-electron chi connectivity index (χ3n) is 3.96. The number of nitrogens with one attached hydrogen (secondary N) is 1. The molecule has 0 radical (unpaired) electrons. The Morgan fingerprint density at radius 1 is 1.44 bits per heavy atom. The van der Waals surface area contributed by atoms with Gasteiger partial charge < -0.3 is 15.8 Å². The summed E-state index contributed by atoms with van der Waals surface area (Å²) in [5.74, 6) is 1.18. The molecule has 0 spiro atoms. The molecule has 2 atom stereocenters. The van der Waals surface area contributed by atoms with Gasteiger partial charge in [0.15, 0.2) is 0 Å². The summed E-state index contributed by atoms with van der Waals surface area (Å²) in [6.07, 6.45) is 4.67. The number of hydrogen-bond donors (Lipinski definition) is 2. The molecule has 1 saturated carbocycles. The fourth-order valence-corrected chi connectivity index (χ4v) is 3.89. The standard InChI is InChI=1S/C13H24N2O2S/c1-2-18-11-4-3-10(9-11)15-12(16)13(14)5-7-17-8-6-13/h10-11H,2-9,14H2,1H3,(H,15,16). The summed E-state index contributed by atoms with van der Waals surface area (Å²) in [5, 5.41) is 3.86. The molecule has 2 unspecified atom stereocenters. The summed E-state index contributed by atoms with van der Waals surface area (Å²) in [6.45, 7) is 3.39. The maximum atomic E-state index is 12.2. The summed E-state index contributed by atoms with van der Waals surface area (Å²) in [6, 6.07) is 0.324. The first kappa shape index (κ1) is 14.2. The fraction of sp³-hybridized carbons (Fsp3) is 0.923. The molecule has 104 valence electrons. The molecule has 5 heteroatoms. The Labute approximate surface area is 113 Å². The summed E-state index contributed by atoms with van der Waals surface area (Å²) >= 11 is 2.00. The molecular weight excluding hydrogens is 248 g/mol. The zero-order chi connectivity index (χ0) is 13.0. The van der Waals surface area contributed by atoms with Crippen molar-refractivity contribution in [2.24, 2.45) is 5.73 Å². The highest BCUT2D eigenvalue weighted by molar-refractivity contribution is 7.99. The lowest BCUT2D eigenvalue weighted by atomic mass is 9.90. The molecule has 0 bridgehead atoms. The normalized spacial score (nSPS) is 31.2. The van der Waals surface area contributed by atoms with E-state index in [0.717, 1.165) is 18.6 Å². The van der Waals surface area contributed by atoms with Crippen molar-refractivity contribution in [2.75, 3.05) is 19.0 Å². The van der Waals surface area contributed by atoms with Gasteiger partial charge in [-0.15, -0.1) is 0 Å². The van der Waals surface area contributed by atoms with E-state index in [1.165, 1.54) is 6.42 Å². The molecule has 4 nitrogen and oxygen atoms in total. The van der Waals surface area contributed by atoms with Crippen LogP contribution in [0.1, 0.15) is 39.0 Å². The van der Waals surface area contributed by atoms with Crippen LogP contribution in [0.5, 0.6) is 0 Å². The van der Waals surface area contributed by atoms with Gasteiger partial charge in [-0.25, -0.2) is 0 Å². The molecule has 2 aliphatic rings. The van der Waals surface area contributed by atoms with Crippen molar-refractivity contribution in [1.29, 1.82) is 0 Å². The van der Waals surface area contributed by atoms with E-state index >= 15 is 0 Å². The molecule has 1 aliphatic carbocycles. The Kier molecular flexibility index (Phi) is 4.92. The minimum atomic E-state index is -0.700. The maximum absolute atomic E-state index is 12.2. The Morgan fingerprint density at radius 2 is 2.17 bits per heavy atom. The van der Waals surface area contributed by atoms with E-state index in [0.29, 0.717) is 37.3 Å². The fourth-order valence-electron chi connectivity index (χ4n) is 2.75. The molecule has 0 aromatic carbocycles. The van der Waals surface area contributed by atoms with Crippen LogP contribution in [0.3, 0.4) is 0 Å². The van der Waals surface area contributed by atoms with Gasteiger partial charge in [-0.1, -0.05) is 6.92 Å². The second kappa shape index (κ2) is 6.26. The van der Waals surface area contributed by atoms with Crippen molar-refractivity contribution in [2.45, 2.75) is 55.9 Å². The van der Waals surface area contributed by atoms with Crippen molar-refractivity contribution in [1.82, 2.24) is 5.32 Å². The van der Waals surface area contributed by atoms with Gasteiger partial charge in [0.1, 0.15) is 0 Å². The Bertz CT molecular complexity index is 293. The summed E-state index contributed by atoms with van der Waals surface area (Å²) < 4.78 is 5.27. The van der Waals surface area contributed by atoms with E-state index in [2.05, 4.69) is 12.2 Å². The molecule has 18 heavy (non-hydrogen) atoms. The van der Waals surface area contributed by atoms with Crippen LogP contribution in [0.15, 0.2) is 0 Å². The number of amides is 1. The van der Waals surface area contributed by atoms with Crippen LogP contribution in [-0.2, 0) is 9.53 Å². The van der Waals surface area contributed by atoms with E-state index < -0.39 is 5.54 Å². The zero-order valence-corrected chi connectivity index (χ0v) is 11.9. The molecule has 2 fully saturated rings. The first-order valence-electron chi connectivity index (χ1n) is 6.93. The second-order valence-electron chi connectivity index (χ2n) is 5.33. The molecule has 1 heterocycles. The van der Waals surface area contributed by atoms with Crippen LogP contribution in [-0.4, -0.2) is 41.7 Å². The molecule has 1 aliphatic heterocycles. The SMILES string of the molecule is CCSC1CCC(NC(=O)C2(N)CCOCC2)C1. The highest BCUT2D eigenvalue weighted by Crippen LogP contribution is 2.30. The van der Waals surface area contributed by atoms with E-state index in [9.17, 15) is 4.79 Å². The lowest BCUT2D eigenvalue weighted by Crippen LogP contribution is -2.58. The highest BCUT2D eigenvalue weighted by atomic mass is 32.2. The van der Waals surface area contributed by atoms with Gasteiger partial charge in [-0.2, -0.15) is 11.8 Å².